The zero-order chi connectivity index (χ0) is 12.9. The van der Waals surface area contributed by atoms with Gasteiger partial charge in [0.2, 0.25) is 10.0 Å². The summed E-state index contributed by atoms with van der Waals surface area (Å²) >= 11 is 0. The van der Waals surface area contributed by atoms with Crippen LogP contribution in [-0.2, 0) is 14.8 Å². The second kappa shape index (κ2) is 5.97. The van der Waals surface area contributed by atoms with Crippen molar-refractivity contribution in [1.29, 1.82) is 0 Å². The fraction of sp³-hybridized carbons (Fsp3) is 0.400. The summed E-state index contributed by atoms with van der Waals surface area (Å²) in [5, 5.41) is 8.12. The lowest BCUT2D eigenvalue weighted by Crippen LogP contribution is -2.33. The molecule has 0 heterocycles. The summed E-state index contributed by atoms with van der Waals surface area (Å²) in [7, 11) is -2.05. The third kappa shape index (κ3) is 4.31. The number of anilines is 1. The number of primary sulfonamides is 1. The van der Waals surface area contributed by atoms with Gasteiger partial charge < -0.3 is 15.8 Å². The van der Waals surface area contributed by atoms with Gasteiger partial charge in [0.05, 0.1) is 17.5 Å². The van der Waals surface area contributed by atoms with Crippen LogP contribution in [0.3, 0.4) is 0 Å². The molecule has 1 unspecified atom stereocenters. The van der Waals surface area contributed by atoms with Crippen molar-refractivity contribution in [2.75, 3.05) is 25.6 Å². The van der Waals surface area contributed by atoms with Gasteiger partial charge in [0.15, 0.2) is 0 Å². The molecule has 0 aliphatic rings. The van der Waals surface area contributed by atoms with Gasteiger partial charge in [0.25, 0.3) is 0 Å². The molecule has 0 amide bonds. The van der Waals surface area contributed by atoms with Crippen molar-refractivity contribution in [3.63, 3.8) is 0 Å². The standard InChI is InChI=1S/C10H17N3O3S/c1-16-7-9(6-11)13-8-2-4-10(5-3-8)17(12,14)15/h2-5,9,13H,6-7,11H2,1H3,(H2,12,14,15). The third-order valence-electron chi connectivity index (χ3n) is 2.21. The summed E-state index contributed by atoms with van der Waals surface area (Å²) in [5.41, 5.74) is 6.32. The SMILES string of the molecule is COCC(CN)Nc1ccc(S(N)(=O)=O)cc1. The van der Waals surface area contributed by atoms with E-state index in [2.05, 4.69) is 5.32 Å². The van der Waals surface area contributed by atoms with Crippen molar-refractivity contribution in [1.82, 2.24) is 0 Å². The van der Waals surface area contributed by atoms with E-state index in [1.54, 1.807) is 19.2 Å². The Kier molecular flexibility index (Phi) is 4.88. The number of hydrogen-bond acceptors (Lipinski definition) is 5. The summed E-state index contributed by atoms with van der Waals surface area (Å²) < 4.78 is 27.1. The fourth-order valence-electron chi connectivity index (χ4n) is 1.35. The molecule has 0 saturated heterocycles. The van der Waals surface area contributed by atoms with Gasteiger partial charge in [-0.2, -0.15) is 0 Å². The first-order chi connectivity index (χ1) is 7.97. The molecule has 0 fully saturated rings. The Morgan fingerprint density at radius 2 is 1.94 bits per heavy atom. The Labute approximate surface area is 101 Å². The number of methoxy groups -OCH3 is 1. The second-order valence-corrected chi connectivity index (χ2v) is 5.16. The number of nitrogens with one attached hydrogen (secondary N) is 1. The highest BCUT2D eigenvalue weighted by atomic mass is 32.2. The lowest BCUT2D eigenvalue weighted by molar-refractivity contribution is 0.187. The summed E-state index contributed by atoms with van der Waals surface area (Å²) in [6.45, 7) is 0.901. The van der Waals surface area contributed by atoms with Crippen LogP contribution in [0, 0.1) is 0 Å². The van der Waals surface area contributed by atoms with Gasteiger partial charge in [-0.25, -0.2) is 13.6 Å². The molecule has 7 heteroatoms. The number of ether oxygens (including phenoxy) is 1. The van der Waals surface area contributed by atoms with Crippen LogP contribution in [0.5, 0.6) is 0 Å². The molecule has 1 aromatic rings. The molecule has 0 bridgehead atoms. The molecule has 0 aromatic heterocycles. The molecule has 17 heavy (non-hydrogen) atoms. The lowest BCUT2D eigenvalue weighted by Gasteiger charge is -2.17. The Hall–Kier alpha value is -1.15. The monoisotopic (exact) mass is 259 g/mol. The summed E-state index contributed by atoms with van der Waals surface area (Å²) in [6, 6.07) is 6.15. The van der Waals surface area contributed by atoms with Gasteiger partial charge >= 0.3 is 0 Å². The number of sulfonamides is 1. The van der Waals surface area contributed by atoms with Crippen molar-refractivity contribution in [2.24, 2.45) is 10.9 Å². The van der Waals surface area contributed by atoms with Crippen LogP contribution in [0.4, 0.5) is 5.69 Å². The second-order valence-electron chi connectivity index (χ2n) is 3.60. The van der Waals surface area contributed by atoms with Crippen molar-refractivity contribution in [3.8, 4) is 0 Å². The number of benzene rings is 1. The molecule has 6 nitrogen and oxygen atoms in total. The van der Waals surface area contributed by atoms with Crippen molar-refractivity contribution >= 4 is 15.7 Å². The molecule has 0 saturated carbocycles. The van der Waals surface area contributed by atoms with Gasteiger partial charge in [-0.15, -0.1) is 0 Å². The van der Waals surface area contributed by atoms with Gasteiger partial charge in [0.1, 0.15) is 0 Å². The van der Waals surface area contributed by atoms with Crippen LogP contribution >= 0.6 is 0 Å². The first kappa shape index (κ1) is 13.9. The van der Waals surface area contributed by atoms with Crippen molar-refractivity contribution < 1.29 is 13.2 Å². The molecule has 1 aromatic carbocycles. The Bertz CT molecular complexity index is 444. The molecule has 1 atom stereocenters. The van der Waals surface area contributed by atoms with Crippen LogP contribution in [-0.4, -0.2) is 34.7 Å². The van der Waals surface area contributed by atoms with E-state index in [1.165, 1.54) is 12.1 Å². The lowest BCUT2D eigenvalue weighted by atomic mass is 10.2. The normalized spacial score (nSPS) is 13.4. The largest absolute Gasteiger partial charge is 0.383 e. The van der Waals surface area contributed by atoms with E-state index in [4.69, 9.17) is 15.6 Å². The first-order valence-corrected chi connectivity index (χ1v) is 6.60. The first-order valence-electron chi connectivity index (χ1n) is 5.05. The predicted octanol–water partition coefficient (Wildman–Crippen LogP) is -0.280. The maximum absolute atomic E-state index is 11.0. The van der Waals surface area contributed by atoms with Gasteiger partial charge in [-0.1, -0.05) is 0 Å². The quantitative estimate of drug-likeness (QED) is 0.651. The van der Waals surface area contributed by atoms with E-state index in [1.807, 2.05) is 0 Å². The predicted molar refractivity (Wildman–Crippen MR) is 66.2 cm³/mol. The zero-order valence-electron chi connectivity index (χ0n) is 9.59. The van der Waals surface area contributed by atoms with Crippen LogP contribution in [0.15, 0.2) is 29.2 Å². The number of hydrogen-bond donors (Lipinski definition) is 3. The van der Waals surface area contributed by atoms with Crippen LogP contribution < -0.4 is 16.2 Å². The Morgan fingerprint density at radius 1 is 1.35 bits per heavy atom. The minimum Gasteiger partial charge on any atom is -0.383 e. The summed E-state index contributed by atoms with van der Waals surface area (Å²) in [5.74, 6) is 0. The minimum atomic E-state index is -3.64. The van der Waals surface area contributed by atoms with E-state index < -0.39 is 10.0 Å². The highest BCUT2D eigenvalue weighted by molar-refractivity contribution is 7.89. The highest BCUT2D eigenvalue weighted by Gasteiger charge is 2.09. The van der Waals surface area contributed by atoms with Gasteiger partial charge in [-0.3, -0.25) is 0 Å². The van der Waals surface area contributed by atoms with Crippen LogP contribution in [0.25, 0.3) is 0 Å². The number of rotatable bonds is 6. The van der Waals surface area contributed by atoms with Crippen LogP contribution in [0.1, 0.15) is 0 Å². The molecule has 5 N–H and O–H groups in total. The average Bonchev–Trinajstić information content (AvgIpc) is 2.28. The Balaban J connectivity index is 2.74. The maximum atomic E-state index is 11.0. The topological polar surface area (TPSA) is 107 Å². The molecular formula is C10H17N3O3S. The fourth-order valence-corrected chi connectivity index (χ4v) is 1.86. The van der Waals surface area contributed by atoms with E-state index in [0.717, 1.165) is 5.69 Å². The van der Waals surface area contributed by atoms with E-state index in [9.17, 15) is 8.42 Å². The van der Waals surface area contributed by atoms with E-state index in [-0.39, 0.29) is 10.9 Å². The molecule has 0 radical (unpaired) electrons. The zero-order valence-corrected chi connectivity index (χ0v) is 10.4. The molecule has 1 rings (SSSR count). The minimum absolute atomic E-state index is 0.0136. The molecule has 0 aliphatic carbocycles. The Morgan fingerprint density at radius 3 is 2.35 bits per heavy atom. The summed E-state index contributed by atoms with van der Waals surface area (Å²) in [4.78, 5) is 0.0825. The molecular weight excluding hydrogens is 242 g/mol. The average molecular weight is 259 g/mol. The smallest absolute Gasteiger partial charge is 0.238 e. The van der Waals surface area contributed by atoms with Crippen molar-refractivity contribution in [3.05, 3.63) is 24.3 Å². The van der Waals surface area contributed by atoms with E-state index in [0.29, 0.717) is 13.2 Å². The van der Waals surface area contributed by atoms with Gasteiger partial charge in [0, 0.05) is 19.3 Å². The van der Waals surface area contributed by atoms with Crippen molar-refractivity contribution in [2.45, 2.75) is 10.9 Å². The molecule has 0 spiro atoms. The van der Waals surface area contributed by atoms with Gasteiger partial charge in [-0.05, 0) is 24.3 Å². The van der Waals surface area contributed by atoms with Crippen LogP contribution in [0.2, 0.25) is 0 Å². The number of nitrogens with two attached hydrogens (primary N) is 2. The highest BCUT2D eigenvalue weighted by Crippen LogP contribution is 2.13. The molecule has 96 valence electrons. The molecule has 0 aliphatic heterocycles. The van der Waals surface area contributed by atoms with E-state index >= 15 is 0 Å². The third-order valence-corrected chi connectivity index (χ3v) is 3.14. The maximum Gasteiger partial charge on any atom is 0.238 e. The summed E-state index contributed by atoms with van der Waals surface area (Å²) in [6.07, 6.45) is 0.